The number of carbonyl (C=O) groups is 1. The number of ether oxygens (including phenoxy) is 3. The van der Waals surface area contributed by atoms with Gasteiger partial charge >= 0.3 is 6.61 Å². The van der Waals surface area contributed by atoms with E-state index in [1.54, 1.807) is 13.2 Å². The van der Waals surface area contributed by atoms with Crippen LogP contribution in [0.4, 0.5) is 8.78 Å². The lowest BCUT2D eigenvalue weighted by Gasteiger charge is -2.18. The van der Waals surface area contributed by atoms with Crippen molar-refractivity contribution in [3.63, 3.8) is 0 Å². The van der Waals surface area contributed by atoms with Crippen LogP contribution >= 0.6 is 0 Å². The molecule has 2 rings (SSSR count). The molecule has 0 saturated heterocycles. The summed E-state index contributed by atoms with van der Waals surface area (Å²) in [6.07, 6.45) is 0. The molecule has 1 N–H and O–H groups in total. The molecule has 0 aliphatic heterocycles. The topological polar surface area (TPSA) is 56.8 Å². The lowest BCUT2D eigenvalue weighted by atomic mass is 10.1. The molecule has 0 fully saturated rings. The van der Waals surface area contributed by atoms with Crippen molar-refractivity contribution >= 4 is 5.91 Å². The maximum Gasteiger partial charge on any atom is 0.387 e. The second-order valence-electron chi connectivity index (χ2n) is 5.18. The van der Waals surface area contributed by atoms with Gasteiger partial charge in [0.1, 0.15) is 5.75 Å². The average molecular weight is 351 g/mol. The van der Waals surface area contributed by atoms with E-state index in [-0.39, 0.29) is 29.0 Å². The van der Waals surface area contributed by atoms with E-state index in [9.17, 15) is 13.6 Å². The zero-order valence-electron chi connectivity index (χ0n) is 14.1. The number of rotatable bonds is 7. The molecular formula is C18H19F2NO4. The van der Waals surface area contributed by atoms with Gasteiger partial charge in [-0.15, -0.1) is 0 Å². The van der Waals surface area contributed by atoms with Crippen LogP contribution in [0.5, 0.6) is 17.2 Å². The molecule has 0 saturated carbocycles. The standard InChI is InChI=1S/C18H19F2NO4/c1-11(13-6-4-5-7-14(13)23-2)21-17(22)12-8-9-15(25-18(19)20)16(10-12)24-3/h4-11,18H,1-3H3,(H,21,22). The van der Waals surface area contributed by atoms with Crippen LogP contribution in [0.25, 0.3) is 0 Å². The summed E-state index contributed by atoms with van der Waals surface area (Å²) in [7, 11) is 2.87. The third-order valence-electron chi connectivity index (χ3n) is 3.59. The van der Waals surface area contributed by atoms with Crippen LogP contribution in [0, 0.1) is 0 Å². The van der Waals surface area contributed by atoms with Crippen molar-refractivity contribution < 1.29 is 27.8 Å². The molecule has 134 valence electrons. The smallest absolute Gasteiger partial charge is 0.387 e. The highest BCUT2D eigenvalue weighted by Crippen LogP contribution is 2.30. The number of para-hydroxylation sites is 1. The molecule has 1 amide bonds. The van der Waals surface area contributed by atoms with E-state index in [0.29, 0.717) is 5.75 Å². The van der Waals surface area contributed by atoms with Crippen molar-refractivity contribution in [1.29, 1.82) is 0 Å². The Hall–Kier alpha value is -2.83. The van der Waals surface area contributed by atoms with Crippen molar-refractivity contribution in [3.05, 3.63) is 53.6 Å². The summed E-state index contributed by atoms with van der Waals surface area (Å²) in [6.45, 7) is -1.15. The Bertz CT molecular complexity index is 737. The van der Waals surface area contributed by atoms with Gasteiger partial charge in [-0.3, -0.25) is 4.79 Å². The van der Waals surface area contributed by atoms with Crippen molar-refractivity contribution in [2.45, 2.75) is 19.6 Å². The summed E-state index contributed by atoms with van der Waals surface area (Å²) in [5.74, 6) is 0.207. The quantitative estimate of drug-likeness (QED) is 0.824. The predicted molar refractivity (Wildman–Crippen MR) is 88.5 cm³/mol. The van der Waals surface area contributed by atoms with Gasteiger partial charge in [0.25, 0.3) is 5.91 Å². The lowest BCUT2D eigenvalue weighted by Crippen LogP contribution is -2.27. The van der Waals surface area contributed by atoms with Crippen LogP contribution in [0.3, 0.4) is 0 Å². The van der Waals surface area contributed by atoms with E-state index in [1.807, 2.05) is 25.1 Å². The van der Waals surface area contributed by atoms with Gasteiger partial charge in [-0.05, 0) is 31.2 Å². The molecule has 0 bridgehead atoms. The molecule has 1 unspecified atom stereocenters. The second kappa shape index (κ2) is 8.32. The molecule has 0 heterocycles. The molecule has 2 aromatic carbocycles. The second-order valence-corrected chi connectivity index (χ2v) is 5.18. The van der Waals surface area contributed by atoms with E-state index >= 15 is 0 Å². The van der Waals surface area contributed by atoms with Crippen LogP contribution in [0.2, 0.25) is 0 Å². The Balaban J connectivity index is 2.17. The number of benzene rings is 2. The van der Waals surface area contributed by atoms with Crippen LogP contribution in [0.1, 0.15) is 28.9 Å². The number of amides is 1. The van der Waals surface area contributed by atoms with E-state index in [2.05, 4.69) is 10.1 Å². The Kier molecular flexibility index (Phi) is 6.16. The van der Waals surface area contributed by atoms with Gasteiger partial charge in [0.05, 0.1) is 20.3 Å². The monoisotopic (exact) mass is 351 g/mol. The Labute approximate surface area is 144 Å². The summed E-state index contributed by atoms with van der Waals surface area (Å²) in [5, 5.41) is 2.84. The minimum Gasteiger partial charge on any atom is -0.496 e. The molecule has 7 heteroatoms. The average Bonchev–Trinajstić information content (AvgIpc) is 2.61. The molecule has 25 heavy (non-hydrogen) atoms. The van der Waals surface area contributed by atoms with E-state index < -0.39 is 6.61 Å². The molecule has 2 aromatic rings. The molecule has 5 nitrogen and oxygen atoms in total. The summed E-state index contributed by atoms with van der Waals surface area (Å²) in [6, 6.07) is 11.0. The minimum absolute atomic E-state index is 0.0536. The number of hydrogen-bond donors (Lipinski definition) is 1. The van der Waals surface area contributed by atoms with Gasteiger partial charge in [0.15, 0.2) is 11.5 Å². The van der Waals surface area contributed by atoms with Crippen LogP contribution in [-0.4, -0.2) is 26.7 Å². The van der Waals surface area contributed by atoms with Crippen LogP contribution < -0.4 is 19.5 Å². The number of carbonyl (C=O) groups excluding carboxylic acids is 1. The maximum atomic E-state index is 12.4. The number of halogens is 2. The van der Waals surface area contributed by atoms with Gasteiger partial charge in [0.2, 0.25) is 0 Å². The first-order valence-corrected chi connectivity index (χ1v) is 7.53. The molecule has 0 radical (unpaired) electrons. The van der Waals surface area contributed by atoms with Crippen LogP contribution in [-0.2, 0) is 0 Å². The van der Waals surface area contributed by atoms with Crippen molar-refractivity contribution in [3.8, 4) is 17.2 Å². The fourth-order valence-electron chi connectivity index (χ4n) is 2.38. The van der Waals surface area contributed by atoms with Gasteiger partial charge in [-0.25, -0.2) is 0 Å². The van der Waals surface area contributed by atoms with Gasteiger partial charge in [-0.1, -0.05) is 18.2 Å². The fourth-order valence-corrected chi connectivity index (χ4v) is 2.38. The third kappa shape index (κ3) is 4.59. The van der Waals surface area contributed by atoms with Crippen molar-refractivity contribution in [2.75, 3.05) is 14.2 Å². The normalized spacial score (nSPS) is 11.8. The third-order valence-corrected chi connectivity index (χ3v) is 3.59. The summed E-state index contributed by atoms with van der Waals surface area (Å²) >= 11 is 0. The van der Waals surface area contributed by atoms with E-state index in [4.69, 9.17) is 9.47 Å². The Morgan fingerprint density at radius 1 is 1.00 bits per heavy atom. The largest absolute Gasteiger partial charge is 0.496 e. The van der Waals surface area contributed by atoms with E-state index in [0.717, 1.165) is 5.56 Å². The highest BCUT2D eigenvalue weighted by atomic mass is 19.3. The maximum absolute atomic E-state index is 12.4. The number of nitrogens with one attached hydrogen (secondary N) is 1. The molecule has 0 aliphatic rings. The highest BCUT2D eigenvalue weighted by molar-refractivity contribution is 5.95. The molecule has 1 atom stereocenters. The zero-order chi connectivity index (χ0) is 18.4. The summed E-state index contributed by atoms with van der Waals surface area (Å²) < 4.78 is 39.4. The van der Waals surface area contributed by atoms with Gasteiger partial charge < -0.3 is 19.5 Å². The highest BCUT2D eigenvalue weighted by Gasteiger charge is 2.17. The molecule has 0 aromatic heterocycles. The molecular weight excluding hydrogens is 332 g/mol. The Morgan fingerprint density at radius 2 is 1.68 bits per heavy atom. The van der Waals surface area contributed by atoms with Crippen molar-refractivity contribution in [2.24, 2.45) is 0 Å². The van der Waals surface area contributed by atoms with Gasteiger partial charge in [-0.2, -0.15) is 8.78 Å². The number of hydrogen-bond acceptors (Lipinski definition) is 4. The van der Waals surface area contributed by atoms with Gasteiger partial charge in [0, 0.05) is 11.1 Å². The Morgan fingerprint density at radius 3 is 2.32 bits per heavy atom. The first kappa shape index (κ1) is 18.5. The zero-order valence-corrected chi connectivity index (χ0v) is 14.1. The summed E-state index contributed by atoms with van der Waals surface area (Å²) in [4.78, 5) is 12.4. The van der Waals surface area contributed by atoms with Crippen LogP contribution in [0.15, 0.2) is 42.5 Å². The first-order valence-electron chi connectivity index (χ1n) is 7.53. The number of alkyl halides is 2. The van der Waals surface area contributed by atoms with Crippen molar-refractivity contribution in [1.82, 2.24) is 5.32 Å². The number of methoxy groups -OCH3 is 2. The SMILES string of the molecule is COc1cc(C(=O)NC(C)c2ccccc2OC)ccc1OC(F)F. The molecule has 0 spiro atoms. The summed E-state index contributed by atoms with van der Waals surface area (Å²) in [5.41, 5.74) is 1.09. The minimum atomic E-state index is -2.97. The predicted octanol–water partition coefficient (Wildman–Crippen LogP) is 3.80. The molecule has 0 aliphatic carbocycles. The van der Waals surface area contributed by atoms with E-state index in [1.165, 1.54) is 25.3 Å². The first-order chi connectivity index (χ1) is 12.0. The lowest BCUT2D eigenvalue weighted by molar-refractivity contribution is -0.0512. The fraction of sp³-hybridized carbons (Fsp3) is 0.278.